The van der Waals surface area contributed by atoms with Crippen LogP contribution in [0.4, 0.5) is 0 Å². The molecule has 36 heavy (non-hydrogen) atoms. The number of nitrogens with zero attached hydrogens (tertiary/aromatic N) is 3. The van der Waals surface area contributed by atoms with Crippen LogP contribution in [0.25, 0.3) is 0 Å². The third kappa shape index (κ3) is 6.40. The summed E-state index contributed by atoms with van der Waals surface area (Å²) in [6, 6.07) is 5.72. The van der Waals surface area contributed by atoms with Gasteiger partial charge in [0.1, 0.15) is 24.1 Å². The van der Waals surface area contributed by atoms with Crippen LogP contribution in [0.1, 0.15) is 51.5 Å². The van der Waals surface area contributed by atoms with E-state index >= 15 is 0 Å². The maximum absolute atomic E-state index is 13.0. The molecule has 196 valence electrons. The molecule has 0 radical (unpaired) electrons. The lowest BCUT2D eigenvalue weighted by atomic mass is 10.1. The van der Waals surface area contributed by atoms with Gasteiger partial charge in [0.2, 0.25) is 5.91 Å². The molecule has 0 unspecified atom stereocenters. The van der Waals surface area contributed by atoms with Crippen molar-refractivity contribution in [1.29, 1.82) is 0 Å². The third-order valence-electron chi connectivity index (χ3n) is 7.10. The van der Waals surface area contributed by atoms with E-state index in [2.05, 4.69) is 4.99 Å². The molecule has 9 heteroatoms. The van der Waals surface area contributed by atoms with E-state index in [4.69, 9.17) is 26.8 Å². The molecule has 0 aromatic heterocycles. The number of amides is 2. The smallest absolute Gasteiger partial charge is 0.270 e. The number of aryl methyl sites for hydroxylation is 1. The van der Waals surface area contributed by atoms with E-state index in [9.17, 15) is 9.59 Å². The highest BCUT2D eigenvalue weighted by Gasteiger charge is 2.30. The van der Waals surface area contributed by atoms with Gasteiger partial charge in [-0.05, 0) is 57.7 Å². The summed E-state index contributed by atoms with van der Waals surface area (Å²) in [5.41, 5.74) is 9.19. The van der Waals surface area contributed by atoms with Crippen molar-refractivity contribution in [2.45, 2.75) is 71.2 Å². The number of likely N-dealkylation sites (tertiary alicyclic amines) is 1. The van der Waals surface area contributed by atoms with Gasteiger partial charge in [0.05, 0.1) is 12.2 Å². The highest BCUT2D eigenvalue weighted by molar-refractivity contribution is 6.31. The van der Waals surface area contributed by atoms with Gasteiger partial charge in [0, 0.05) is 55.3 Å². The number of carbonyl (C=O) groups excluding carboxylic acids is 2. The van der Waals surface area contributed by atoms with Gasteiger partial charge in [-0.25, -0.2) is 0 Å². The molecule has 4 rings (SSSR count). The summed E-state index contributed by atoms with van der Waals surface area (Å²) >= 11 is 6.20. The zero-order chi connectivity index (χ0) is 25.8. The molecule has 8 nitrogen and oxygen atoms in total. The summed E-state index contributed by atoms with van der Waals surface area (Å²) in [7, 11) is 0. The van der Waals surface area contributed by atoms with Crippen molar-refractivity contribution in [3.8, 4) is 5.75 Å². The van der Waals surface area contributed by atoms with Crippen molar-refractivity contribution in [3.05, 3.63) is 40.1 Å². The molecule has 1 aromatic rings. The van der Waals surface area contributed by atoms with Crippen molar-refractivity contribution in [2.75, 3.05) is 32.7 Å². The van der Waals surface area contributed by atoms with Gasteiger partial charge in [0.25, 0.3) is 5.91 Å². The Balaban J connectivity index is 1.31. The molecule has 2 atom stereocenters. The molecule has 1 aromatic carbocycles. The second-order valence-electron chi connectivity index (χ2n) is 10.1. The average molecular weight is 517 g/mol. The molecule has 3 aliphatic rings. The molecule has 3 fully saturated rings. The lowest BCUT2D eigenvalue weighted by molar-refractivity contribution is -0.139. The summed E-state index contributed by atoms with van der Waals surface area (Å²) in [6.07, 6.45) is 3.88. The molecule has 1 aliphatic carbocycles. The zero-order valence-electron chi connectivity index (χ0n) is 21.5. The van der Waals surface area contributed by atoms with Gasteiger partial charge in [-0.15, -0.1) is 0 Å². The minimum absolute atomic E-state index is 0.00805. The largest absolute Gasteiger partial charge is 0.490 e. The van der Waals surface area contributed by atoms with E-state index in [1.807, 2.05) is 43.9 Å². The highest BCUT2D eigenvalue weighted by atomic mass is 35.5. The highest BCUT2D eigenvalue weighted by Crippen LogP contribution is 2.27. The quantitative estimate of drug-likeness (QED) is 0.604. The molecular weight excluding hydrogens is 480 g/mol. The normalized spacial score (nSPS) is 25.8. The standard InChI is InChI=1S/C27H37ClN4O4/c1-17-7-8-21(13-23(17)28)36-20-9-11-31(12-10-20)25(33)14-30-24-6-4-5-22(24)26(29)27(34)32-15-18(2)35-19(3)16-32/h7-8,13,18-20H,4-6,9-12,14-16,29H2,1-3H3/t18-,19+. The fourth-order valence-electron chi connectivity index (χ4n) is 5.16. The van der Waals surface area contributed by atoms with Crippen LogP contribution in [-0.4, -0.2) is 78.4 Å². The Hall–Kier alpha value is -2.58. The number of morpholine rings is 1. The lowest BCUT2D eigenvalue weighted by Crippen LogP contribution is -2.49. The number of nitrogens with two attached hydrogens (primary N) is 1. The van der Waals surface area contributed by atoms with Crippen molar-refractivity contribution in [2.24, 2.45) is 10.7 Å². The van der Waals surface area contributed by atoms with Gasteiger partial charge in [0.15, 0.2) is 0 Å². The van der Waals surface area contributed by atoms with Crippen LogP contribution in [0.15, 0.2) is 34.5 Å². The summed E-state index contributed by atoms with van der Waals surface area (Å²) < 4.78 is 11.8. The zero-order valence-corrected chi connectivity index (χ0v) is 22.2. The Labute approximate surface area is 218 Å². The van der Waals surface area contributed by atoms with Crippen molar-refractivity contribution in [3.63, 3.8) is 0 Å². The Morgan fingerprint density at radius 2 is 1.83 bits per heavy atom. The number of piperidine rings is 1. The Bertz CT molecular complexity index is 1040. The van der Waals surface area contributed by atoms with Crippen LogP contribution >= 0.6 is 11.6 Å². The SMILES string of the molecule is Cc1ccc(OC2CCN(C(=O)CN=C3CCCC3=C(N)C(=O)N3C[C@@H](C)O[C@@H](C)C3)CC2)cc1Cl. The van der Waals surface area contributed by atoms with Gasteiger partial charge in [-0.3, -0.25) is 14.6 Å². The van der Waals surface area contributed by atoms with Crippen molar-refractivity contribution >= 4 is 29.1 Å². The molecule has 2 amide bonds. The van der Waals surface area contributed by atoms with Crippen molar-refractivity contribution < 1.29 is 19.1 Å². The van der Waals surface area contributed by atoms with Crippen LogP contribution in [0.2, 0.25) is 5.02 Å². The molecule has 1 saturated carbocycles. The molecule has 2 heterocycles. The lowest BCUT2D eigenvalue weighted by Gasteiger charge is -2.35. The van der Waals surface area contributed by atoms with Crippen LogP contribution in [0, 0.1) is 6.92 Å². The number of rotatable bonds is 5. The van der Waals surface area contributed by atoms with Gasteiger partial charge in [-0.1, -0.05) is 17.7 Å². The van der Waals surface area contributed by atoms with Crippen LogP contribution in [-0.2, 0) is 14.3 Å². The second kappa shape index (κ2) is 11.6. The first-order valence-electron chi connectivity index (χ1n) is 12.9. The first-order valence-corrected chi connectivity index (χ1v) is 13.3. The average Bonchev–Trinajstić information content (AvgIpc) is 3.32. The number of aliphatic imine (C=N–C) groups is 1. The topological polar surface area (TPSA) is 97.5 Å². The summed E-state index contributed by atoms with van der Waals surface area (Å²) in [6.45, 7) is 8.26. The minimum Gasteiger partial charge on any atom is -0.490 e. The third-order valence-corrected chi connectivity index (χ3v) is 7.50. The van der Waals surface area contributed by atoms with E-state index in [1.54, 1.807) is 4.90 Å². The Kier molecular flexibility index (Phi) is 8.57. The van der Waals surface area contributed by atoms with E-state index in [-0.39, 0.29) is 42.4 Å². The number of hydrogen-bond acceptors (Lipinski definition) is 6. The number of ether oxygens (including phenoxy) is 2. The van der Waals surface area contributed by atoms with Gasteiger partial charge in [-0.2, -0.15) is 0 Å². The first kappa shape index (κ1) is 26.5. The maximum Gasteiger partial charge on any atom is 0.270 e. The van der Waals surface area contributed by atoms with Crippen LogP contribution < -0.4 is 10.5 Å². The van der Waals surface area contributed by atoms with E-state index < -0.39 is 0 Å². The monoisotopic (exact) mass is 516 g/mol. The van der Waals surface area contributed by atoms with E-state index in [0.717, 1.165) is 48.3 Å². The van der Waals surface area contributed by atoms with E-state index in [1.165, 1.54) is 0 Å². The second-order valence-corrected chi connectivity index (χ2v) is 10.5. The van der Waals surface area contributed by atoms with Crippen LogP contribution in [0.3, 0.4) is 0 Å². The number of halogens is 1. The summed E-state index contributed by atoms with van der Waals surface area (Å²) in [5.74, 6) is 0.589. The molecule has 0 bridgehead atoms. The van der Waals surface area contributed by atoms with E-state index in [0.29, 0.717) is 37.6 Å². The predicted molar refractivity (Wildman–Crippen MR) is 140 cm³/mol. The number of carbonyl (C=O) groups is 2. The Morgan fingerprint density at radius 1 is 1.14 bits per heavy atom. The molecule has 2 N–H and O–H groups in total. The predicted octanol–water partition coefficient (Wildman–Crippen LogP) is 3.49. The summed E-state index contributed by atoms with van der Waals surface area (Å²) in [4.78, 5) is 34.1. The summed E-state index contributed by atoms with van der Waals surface area (Å²) in [5, 5.41) is 0.691. The first-order chi connectivity index (χ1) is 17.2. The van der Waals surface area contributed by atoms with Crippen LogP contribution in [0.5, 0.6) is 5.75 Å². The molecule has 0 spiro atoms. The maximum atomic E-state index is 13.0. The fourth-order valence-corrected chi connectivity index (χ4v) is 5.33. The fraction of sp³-hybridized carbons (Fsp3) is 0.593. The van der Waals surface area contributed by atoms with Gasteiger partial charge < -0.3 is 25.0 Å². The van der Waals surface area contributed by atoms with Gasteiger partial charge >= 0.3 is 0 Å². The molecule has 2 saturated heterocycles. The molecular formula is C27H37ClN4O4. The van der Waals surface area contributed by atoms with Crippen molar-refractivity contribution in [1.82, 2.24) is 9.80 Å². The Morgan fingerprint density at radius 3 is 2.50 bits per heavy atom. The number of allylic oxidation sites excluding steroid dienone is 1. The minimum atomic E-state index is -0.162. The molecule has 2 aliphatic heterocycles. The number of benzene rings is 1. The number of hydrogen-bond donors (Lipinski definition) is 1.